The average Bonchev–Trinajstić information content (AvgIpc) is 3.16. The lowest BCUT2D eigenvalue weighted by Gasteiger charge is -2.35. The molecule has 1 fully saturated rings. The third-order valence-electron chi connectivity index (χ3n) is 5.22. The summed E-state index contributed by atoms with van der Waals surface area (Å²) in [5, 5.41) is 3.41. The number of ether oxygens (including phenoxy) is 2. The summed E-state index contributed by atoms with van der Waals surface area (Å²) in [6.07, 6.45) is 2.80. The maximum atomic E-state index is 5.49. The number of nitrogens with one attached hydrogen (secondary N) is 1. The molecule has 150 valence electrons. The third kappa shape index (κ3) is 4.65. The Morgan fingerprint density at radius 1 is 1.04 bits per heavy atom. The Morgan fingerprint density at radius 3 is 2.68 bits per heavy atom. The van der Waals surface area contributed by atoms with Crippen molar-refractivity contribution < 1.29 is 9.47 Å². The van der Waals surface area contributed by atoms with Gasteiger partial charge in [-0.25, -0.2) is 9.97 Å². The maximum Gasteiger partial charge on any atom is 0.231 e. The van der Waals surface area contributed by atoms with Gasteiger partial charge in [-0.15, -0.1) is 0 Å². The maximum absolute atomic E-state index is 5.49. The van der Waals surface area contributed by atoms with E-state index in [1.165, 1.54) is 5.56 Å². The fraction of sp³-hybridized carbons (Fsp3) is 0.524. The second-order valence-electron chi connectivity index (χ2n) is 7.82. The Kier molecular flexibility index (Phi) is 5.81. The highest BCUT2D eigenvalue weighted by molar-refractivity contribution is 5.49. The van der Waals surface area contributed by atoms with E-state index in [0.29, 0.717) is 12.7 Å². The van der Waals surface area contributed by atoms with Gasteiger partial charge in [-0.1, -0.05) is 19.9 Å². The molecular weight excluding hydrogens is 354 g/mol. The Balaban J connectivity index is 1.29. The van der Waals surface area contributed by atoms with Crippen LogP contribution in [0.1, 0.15) is 25.8 Å². The lowest BCUT2D eigenvalue weighted by molar-refractivity contribution is 0.174. The number of anilines is 2. The summed E-state index contributed by atoms with van der Waals surface area (Å²) in [5.41, 5.74) is 1.26. The summed E-state index contributed by atoms with van der Waals surface area (Å²) >= 11 is 0. The van der Waals surface area contributed by atoms with Crippen LogP contribution in [0.25, 0.3) is 0 Å². The molecule has 0 amide bonds. The predicted octanol–water partition coefficient (Wildman–Crippen LogP) is 2.99. The van der Waals surface area contributed by atoms with Gasteiger partial charge in [0.2, 0.25) is 6.79 Å². The molecule has 2 aliphatic rings. The molecule has 2 aromatic rings. The zero-order valence-corrected chi connectivity index (χ0v) is 16.7. The fourth-order valence-corrected chi connectivity index (χ4v) is 3.54. The number of hydrogen-bond donors (Lipinski definition) is 1. The molecule has 0 radical (unpaired) electrons. The number of aromatic nitrogens is 2. The Bertz CT molecular complexity index is 790. The van der Waals surface area contributed by atoms with Crippen molar-refractivity contribution in [3.05, 3.63) is 36.2 Å². The standard InChI is InChI=1S/C21H29N5O2/c1-16(2)5-6-22-20-12-21(24-14-23-20)26-9-7-25(8-10-26)13-17-3-4-18-19(11-17)28-15-27-18/h3-4,11-12,14,16H,5-10,13,15H2,1-2H3,(H,22,23,24). The molecule has 28 heavy (non-hydrogen) atoms. The van der Waals surface area contributed by atoms with E-state index >= 15 is 0 Å². The summed E-state index contributed by atoms with van der Waals surface area (Å²) in [6, 6.07) is 8.28. The van der Waals surface area contributed by atoms with E-state index in [2.05, 4.69) is 57.1 Å². The smallest absolute Gasteiger partial charge is 0.231 e. The molecule has 1 N–H and O–H groups in total. The zero-order valence-electron chi connectivity index (χ0n) is 16.7. The quantitative estimate of drug-likeness (QED) is 0.788. The Labute approximate surface area is 166 Å². The van der Waals surface area contributed by atoms with Gasteiger partial charge in [0.1, 0.15) is 18.0 Å². The number of hydrogen-bond acceptors (Lipinski definition) is 7. The average molecular weight is 383 g/mol. The summed E-state index contributed by atoms with van der Waals surface area (Å²) < 4.78 is 10.9. The molecule has 4 rings (SSSR count). The van der Waals surface area contributed by atoms with Crippen LogP contribution in [0.15, 0.2) is 30.6 Å². The zero-order chi connectivity index (χ0) is 19.3. The molecular formula is C21H29N5O2. The summed E-state index contributed by atoms with van der Waals surface area (Å²) in [7, 11) is 0. The lowest BCUT2D eigenvalue weighted by Crippen LogP contribution is -2.46. The van der Waals surface area contributed by atoms with Crippen LogP contribution in [-0.4, -0.2) is 54.4 Å². The van der Waals surface area contributed by atoms with E-state index in [0.717, 1.165) is 68.8 Å². The van der Waals surface area contributed by atoms with Crippen LogP contribution in [0.5, 0.6) is 11.5 Å². The van der Waals surface area contributed by atoms with Crippen molar-refractivity contribution >= 4 is 11.6 Å². The van der Waals surface area contributed by atoms with Gasteiger partial charge in [0.05, 0.1) is 0 Å². The van der Waals surface area contributed by atoms with Gasteiger partial charge < -0.3 is 19.7 Å². The SMILES string of the molecule is CC(C)CCNc1cc(N2CCN(Cc3ccc4c(c3)OCO4)CC2)ncn1. The Hall–Kier alpha value is -2.54. The normalized spacial score (nSPS) is 16.6. The van der Waals surface area contributed by atoms with Crippen LogP contribution in [0.4, 0.5) is 11.6 Å². The highest BCUT2D eigenvalue weighted by Gasteiger charge is 2.20. The topological polar surface area (TPSA) is 62.8 Å². The molecule has 0 aliphatic carbocycles. The fourth-order valence-electron chi connectivity index (χ4n) is 3.54. The highest BCUT2D eigenvalue weighted by Crippen LogP contribution is 2.33. The minimum Gasteiger partial charge on any atom is -0.454 e. The van der Waals surface area contributed by atoms with Crippen LogP contribution in [0.3, 0.4) is 0 Å². The number of piperazine rings is 1. The molecule has 0 unspecified atom stereocenters. The van der Waals surface area contributed by atoms with Crippen molar-refractivity contribution in [1.82, 2.24) is 14.9 Å². The number of fused-ring (bicyclic) bond motifs is 1. The molecule has 2 aliphatic heterocycles. The van der Waals surface area contributed by atoms with Crippen molar-refractivity contribution in [3.63, 3.8) is 0 Å². The van der Waals surface area contributed by atoms with E-state index in [1.54, 1.807) is 6.33 Å². The second-order valence-corrected chi connectivity index (χ2v) is 7.82. The van der Waals surface area contributed by atoms with E-state index in [9.17, 15) is 0 Å². The van der Waals surface area contributed by atoms with E-state index in [-0.39, 0.29) is 0 Å². The number of nitrogens with zero attached hydrogens (tertiary/aromatic N) is 4. The minimum atomic E-state index is 0.324. The van der Waals surface area contributed by atoms with Crippen LogP contribution in [0.2, 0.25) is 0 Å². The molecule has 3 heterocycles. The van der Waals surface area contributed by atoms with Crippen molar-refractivity contribution in [1.29, 1.82) is 0 Å². The number of benzene rings is 1. The molecule has 1 aromatic carbocycles. The minimum absolute atomic E-state index is 0.324. The van der Waals surface area contributed by atoms with Crippen LogP contribution >= 0.6 is 0 Å². The van der Waals surface area contributed by atoms with Crippen LogP contribution in [-0.2, 0) is 6.54 Å². The van der Waals surface area contributed by atoms with Crippen molar-refractivity contribution in [2.45, 2.75) is 26.8 Å². The van der Waals surface area contributed by atoms with Crippen molar-refractivity contribution in [2.75, 3.05) is 49.7 Å². The third-order valence-corrected chi connectivity index (χ3v) is 5.22. The van der Waals surface area contributed by atoms with Crippen LogP contribution in [0, 0.1) is 5.92 Å². The van der Waals surface area contributed by atoms with Gasteiger partial charge in [0.15, 0.2) is 11.5 Å². The molecule has 1 aromatic heterocycles. The van der Waals surface area contributed by atoms with Gasteiger partial charge in [0.25, 0.3) is 0 Å². The molecule has 7 heteroatoms. The van der Waals surface area contributed by atoms with Gasteiger partial charge in [0, 0.05) is 45.3 Å². The van der Waals surface area contributed by atoms with Crippen molar-refractivity contribution in [3.8, 4) is 11.5 Å². The van der Waals surface area contributed by atoms with E-state index in [1.807, 2.05) is 6.07 Å². The molecule has 0 atom stereocenters. The van der Waals surface area contributed by atoms with Crippen LogP contribution < -0.4 is 19.7 Å². The van der Waals surface area contributed by atoms with Gasteiger partial charge in [-0.05, 0) is 30.0 Å². The van der Waals surface area contributed by atoms with E-state index in [4.69, 9.17) is 9.47 Å². The lowest BCUT2D eigenvalue weighted by atomic mass is 10.1. The Morgan fingerprint density at radius 2 is 1.86 bits per heavy atom. The first-order valence-corrected chi connectivity index (χ1v) is 10.1. The van der Waals surface area contributed by atoms with Gasteiger partial charge >= 0.3 is 0 Å². The molecule has 0 spiro atoms. The summed E-state index contributed by atoms with van der Waals surface area (Å²) in [4.78, 5) is 13.6. The molecule has 0 saturated carbocycles. The monoisotopic (exact) mass is 383 g/mol. The predicted molar refractivity (Wildman–Crippen MR) is 110 cm³/mol. The summed E-state index contributed by atoms with van der Waals surface area (Å²) in [6.45, 7) is 10.6. The molecule has 1 saturated heterocycles. The second kappa shape index (κ2) is 8.65. The molecule has 0 bridgehead atoms. The first kappa shape index (κ1) is 18.8. The van der Waals surface area contributed by atoms with Crippen molar-refractivity contribution in [2.24, 2.45) is 5.92 Å². The number of rotatable bonds is 7. The first-order chi connectivity index (χ1) is 13.7. The first-order valence-electron chi connectivity index (χ1n) is 10.1. The van der Waals surface area contributed by atoms with Gasteiger partial charge in [-0.2, -0.15) is 0 Å². The molecule has 7 nitrogen and oxygen atoms in total. The van der Waals surface area contributed by atoms with E-state index < -0.39 is 0 Å². The largest absolute Gasteiger partial charge is 0.454 e. The highest BCUT2D eigenvalue weighted by atomic mass is 16.7. The summed E-state index contributed by atoms with van der Waals surface area (Å²) in [5.74, 6) is 4.30. The van der Waals surface area contributed by atoms with Gasteiger partial charge in [-0.3, -0.25) is 4.90 Å².